The first kappa shape index (κ1) is 16.3. The summed E-state index contributed by atoms with van der Waals surface area (Å²) in [4.78, 5) is 12.1. The van der Waals surface area contributed by atoms with E-state index in [2.05, 4.69) is 17.6 Å². The van der Waals surface area contributed by atoms with E-state index in [0.717, 1.165) is 13.1 Å². The highest BCUT2D eigenvalue weighted by Gasteiger charge is 2.21. The molecular weight excluding hydrogens is 283 g/mol. The molecule has 3 nitrogen and oxygen atoms in total. The molecule has 1 heterocycles. The van der Waals surface area contributed by atoms with Crippen LogP contribution in [0.3, 0.4) is 0 Å². The lowest BCUT2D eigenvalue weighted by molar-refractivity contribution is 0.0922. The molecule has 0 saturated carbocycles. The Hall–Kier alpha value is -0.770. The summed E-state index contributed by atoms with van der Waals surface area (Å²) in [5, 5.41) is 7.01. The lowest BCUT2D eigenvalue weighted by Gasteiger charge is -2.28. The second-order valence-corrected chi connectivity index (χ2v) is 5.32. The van der Waals surface area contributed by atoms with E-state index in [1.165, 1.54) is 12.8 Å². The maximum Gasteiger partial charge on any atom is 0.251 e. The van der Waals surface area contributed by atoms with E-state index in [4.69, 9.17) is 11.6 Å². The summed E-state index contributed by atoms with van der Waals surface area (Å²) >= 11 is 5.88. The summed E-state index contributed by atoms with van der Waals surface area (Å²) in [5.74, 6) is 0.470. The molecule has 1 aliphatic rings. The maximum atomic E-state index is 12.1. The lowest BCUT2D eigenvalue weighted by Crippen LogP contribution is -2.44. The van der Waals surface area contributed by atoms with Crippen molar-refractivity contribution in [1.82, 2.24) is 10.6 Å². The van der Waals surface area contributed by atoms with E-state index in [9.17, 15) is 4.79 Å². The van der Waals surface area contributed by atoms with Crippen LogP contribution in [-0.4, -0.2) is 25.0 Å². The molecule has 106 valence electrons. The molecule has 1 aromatic carbocycles. The number of halogens is 2. The van der Waals surface area contributed by atoms with Gasteiger partial charge in [0.1, 0.15) is 0 Å². The van der Waals surface area contributed by atoms with Gasteiger partial charge < -0.3 is 10.6 Å². The summed E-state index contributed by atoms with van der Waals surface area (Å²) in [6.45, 7) is 4.14. The molecule has 2 N–H and O–H groups in total. The van der Waals surface area contributed by atoms with Crippen LogP contribution >= 0.6 is 24.0 Å². The van der Waals surface area contributed by atoms with Gasteiger partial charge in [-0.25, -0.2) is 0 Å². The molecule has 2 atom stereocenters. The molecule has 1 amide bonds. The van der Waals surface area contributed by atoms with Gasteiger partial charge in [0.2, 0.25) is 0 Å². The van der Waals surface area contributed by atoms with E-state index < -0.39 is 0 Å². The molecular formula is C14H20Cl2N2O. The first-order valence-corrected chi connectivity index (χ1v) is 6.82. The molecule has 1 aliphatic heterocycles. The number of amides is 1. The first-order valence-electron chi connectivity index (χ1n) is 6.44. The standard InChI is InChI=1S/C14H19ClN2O.ClH/c1-10(12-5-3-7-16-9-12)17-14(18)11-4-2-6-13(15)8-11;/h2,4,6,8,10,12,16H,3,5,7,9H2,1H3,(H,17,18);1H. The van der Waals surface area contributed by atoms with Crippen molar-refractivity contribution in [2.45, 2.75) is 25.8 Å². The van der Waals surface area contributed by atoms with Crippen molar-refractivity contribution in [2.24, 2.45) is 5.92 Å². The SMILES string of the molecule is CC(NC(=O)c1cccc(Cl)c1)C1CCCNC1.Cl. The third-order valence-corrected chi connectivity index (χ3v) is 3.72. The van der Waals surface area contributed by atoms with Gasteiger partial charge in [-0.05, 0) is 57.0 Å². The van der Waals surface area contributed by atoms with Crippen molar-refractivity contribution in [3.05, 3.63) is 34.9 Å². The Labute approximate surface area is 125 Å². The van der Waals surface area contributed by atoms with Gasteiger partial charge in [-0.15, -0.1) is 12.4 Å². The Morgan fingerprint density at radius 1 is 1.53 bits per heavy atom. The van der Waals surface area contributed by atoms with Gasteiger partial charge in [0.15, 0.2) is 0 Å². The van der Waals surface area contributed by atoms with Crippen LogP contribution in [0.1, 0.15) is 30.1 Å². The number of rotatable bonds is 3. The molecule has 2 unspecified atom stereocenters. The van der Waals surface area contributed by atoms with Crippen LogP contribution in [0.4, 0.5) is 0 Å². The molecule has 0 radical (unpaired) electrons. The number of piperidine rings is 1. The van der Waals surface area contributed by atoms with Crippen LogP contribution in [0.5, 0.6) is 0 Å². The second-order valence-electron chi connectivity index (χ2n) is 4.88. The minimum atomic E-state index is -0.0458. The quantitative estimate of drug-likeness (QED) is 0.901. The Morgan fingerprint density at radius 2 is 2.32 bits per heavy atom. The Kier molecular flexibility index (Phi) is 6.63. The van der Waals surface area contributed by atoms with Crippen LogP contribution in [0, 0.1) is 5.92 Å². The van der Waals surface area contributed by atoms with Gasteiger partial charge in [0, 0.05) is 16.6 Å². The fourth-order valence-electron chi connectivity index (χ4n) is 2.34. The number of hydrogen-bond donors (Lipinski definition) is 2. The van der Waals surface area contributed by atoms with Crippen molar-refractivity contribution in [3.8, 4) is 0 Å². The molecule has 2 rings (SSSR count). The van der Waals surface area contributed by atoms with Crippen molar-refractivity contribution >= 4 is 29.9 Å². The largest absolute Gasteiger partial charge is 0.349 e. The molecule has 0 aromatic heterocycles. The third kappa shape index (κ3) is 4.68. The molecule has 5 heteroatoms. The van der Waals surface area contributed by atoms with Gasteiger partial charge in [0.25, 0.3) is 5.91 Å². The van der Waals surface area contributed by atoms with Crippen LogP contribution in [-0.2, 0) is 0 Å². The van der Waals surface area contributed by atoms with Crippen molar-refractivity contribution in [3.63, 3.8) is 0 Å². The Balaban J connectivity index is 0.00000180. The fourth-order valence-corrected chi connectivity index (χ4v) is 2.53. The van der Waals surface area contributed by atoms with Gasteiger partial charge in [-0.1, -0.05) is 17.7 Å². The van der Waals surface area contributed by atoms with Crippen LogP contribution in [0.15, 0.2) is 24.3 Å². The summed E-state index contributed by atoms with van der Waals surface area (Å²) in [5.41, 5.74) is 0.623. The van der Waals surface area contributed by atoms with Crippen molar-refractivity contribution < 1.29 is 4.79 Å². The molecule has 0 bridgehead atoms. The molecule has 1 aromatic rings. The van der Waals surface area contributed by atoms with Gasteiger partial charge >= 0.3 is 0 Å². The van der Waals surface area contributed by atoms with Crippen LogP contribution in [0.25, 0.3) is 0 Å². The zero-order valence-electron chi connectivity index (χ0n) is 11.0. The number of hydrogen-bond acceptors (Lipinski definition) is 2. The zero-order chi connectivity index (χ0) is 13.0. The predicted molar refractivity (Wildman–Crippen MR) is 81.2 cm³/mol. The molecule has 0 aliphatic carbocycles. The number of carbonyl (C=O) groups is 1. The highest BCUT2D eigenvalue weighted by Crippen LogP contribution is 2.15. The monoisotopic (exact) mass is 302 g/mol. The molecule has 1 fully saturated rings. The van der Waals surface area contributed by atoms with Crippen LogP contribution < -0.4 is 10.6 Å². The highest BCUT2D eigenvalue weighted by molar-refractivity contribution is 6.30. The normalized spacial score (nSPS) is 20.2. The maximum absolute atomic E-state index is 12.1. The second kappa shape index (κ2) is 7.73. The van der Waals surface area contributed by atoms with E-state index in [0.29, 0.717) is 16.5 Å². The van der Waals surface area contributed by atoms with Crippen molar-refractivity contribution in [2.75, 3.05) is 13.1 Å². The summed E-state index contributed by atoms with van der Waals surface area (Å²) < 4.78 is 0. The summed E-state index contributed by atoms with van der Waals surface area (Å²) in [6, 6.07) is 7.23. The van der Waals surface area contributed by atoms with E-state index in [1.54, 1.807) is 24.3 Å². The van der Waals surface area contributed by atoms with Gasteiger partial charge in [-0.3, -0.25) is 4.79 Å². The number of carbonyl (C=O) groups excluding carboxylic acids is 1. The smallest absolute Gasteiger partial charge is 0.251 e. The van der Waals surface area contributed by atoms with Crippen molar-refractivity contribution in [1.29, 1.82) is 0 Å². The third-order valence-electron chi connectivity index (χ3n) is 3.49. The topological polar surface area (TPSA) is 41.1 Å². The lowest BCUT2D eigenvalue weighted by atomic mass is 9.92. The summed E-state index contributed by atoms with van der Waals surface area (Å²) in [6.07, 6.45) is 2.35. The Morgan fingerprint density at radius 3 is 2.95 bits per heavy atom. The van der Waals surface area contributed by atoms with E-state index >= 15 is 0 Å². The average Bonchev–Trinajstić information content (AvgIpc) is 2.39. The average molecular weight is 303 g/mol. The minimum absolute atomic E-state index is 0. The first-order chi connectivity index (χ1) is 8.66. The van der Waals surface area contributed by atoms with E-state index in [1.807, 2.05) is 0 Å². The van der Waals surface area contributed by atoms with E-state index in [-0.39, 0.29) is 24.4 Å². The fraction of sp³-hybridized carbons (Fsp3) is 0.500. The molecule has 0 spiro atoms. The predicted octanol–water partition coefficient (Wildman–Crippen LogP) is 2.88. The minimum Gasteiger partial charge on any atom is -0.349 e. The Bertz CT molecular complexity index is 420. The van der Waals surface area contributed by atoms with Crippen LogP contribution in [0.2, 0.25) is 5.02 Å². The zero-order valence-corrected chi connectivity index (χ0v) is 12.6. The molecule has 19 heavy (non-hydrogen) atoms. The summed E-state index contributed by atoms with van der Waals surface area (Å²) in [7, 11) is 0. The van der Waals surface area contributed by atoms with Gasteiger partial charge in [-0.2, -0.15) is 0 Å². The highest BCUT2D eigenvalue weighted by atomic mass is 35.5. The van der Waals surface area contributed by atoms with Gasteiger partial charge in [0.05, 0.1) is 0 Å². The molecule has 1 saturated heterocycles. The number of nitrogens with one attached hydrogen (secondary N) is 2. The number of benzene rings is 1.